The molecule has 0 aromatic heterocycles. The lowest BCUT2D eigenvalue weighted by atomic mass is 9.86. The van der Waals surface area contributed by atoms with Gasteiger partial charge in [-0.2, -0.15) is 18.1 Å². The van der Waals surface area contributed by atoms with Crippen LogP contribution < -0.4 is 0 Å². The number of imide groups is 1. The number of alkyl halides is 3. The van der Waals surface area contributed by atoms with Gasteiger partial charge in [-0.1, -0.05) is 39.6 Å². The average molecular weight is 532 g/mol. The Morgan fingerprint density at radius 2 is 1.83 bits per heavy atom. The lowest BCUT2D eigenvalue weighted by molar-refractivity contribution is -0.275. The highest BCUT2D eigenvalue weighted by Gasteiger charge is 2.62. The maximum atomic E-state index is 14.2. The second-order valence-corrected chi connectivity index (χ2v) is 8.24. The van der Waals surface area contributed by atoms with Crippen LogP contribution in [0.2, 0.25) is 10.0 Å². The third-order valence-electron chi connectivity index (χ3n) is 5.16. The molecule has 0 radical (unpaired) electrons. The van der Waals surface area contributed by atoms with E-state index in [4.69, 9.17) is 28.0 Å². The van der Waals surface area contributed by atoms with Crippen LogP contribution in [0.4, 0.5) is 18.0 Å². The van der Waals surface area contributed by atoms with Crippen LogP contribution in [0.15, 0.2) is 46.7 Å². The molecule has 0 spiro atoms. The first-order valence-electron chi connectivity index (χ1n) is 9.81. The van der Waals surface area contributed by atoms with Crippen LogP contribution in [0.3, 0.4) is 0 Å². The van der Waals surface area contributed by atoms with Gasteiger partial charge >= 0.3 is 12.3 Å². The molecule has 0 N–H and O–H groups in total. The molecule has 8 nitrogen and oxygen atoms in total. The number of nitrogens with zero attached hydrogens (tertiary/aromatic N) is 3. The number of oxime groups is 2. The third kappa shape index (κ3) is 5.20. The first-order chi connectivity index (χ1) is 16.4. The minimum atomic E-state index is -4.85. The summed E-state index contributed by atoms with van der Waals surface area (Å²) < 4.78 is 47.2. The Balaban J connectivity index is 1.94. The second-order valence-electron chi connectivity index (χ2n) is 7.37. The molecule has 1 aliphatic rings. The summed E-state index contributed by atoms with van der Waals surface area (Å²) in [6.45, 7) is 1.55. The van der Waals surface area contributed by atoms with Gasteiger partial charge in [0.05, 0.1) is 12.8 Å². The maximum Gasteiger partial charge on any atom is 0.435 e. The van der Waals surface area contributed by atoms with Crippen molar-refractivity contribution in [1.29, 1.82) is 0 Å². The van der Waals surface area contributed by atoms with Gasteiger partial charge in [-0.15, -0.1) is 0 Å². The molecule has 2 aromatic carbocycles. The number of ether oxygens (including phenoxy) is 1. The molecule has 13 heteroatoms. The lowest BCUT2D eigenvalue weighted by Crippen LogP contribution is -2.42. The van der Waals surface area contributed by atoms with E-state index in [-0.39, 0.29) is 32.4 Å². The number of hydrogen-bond acceptors (Lipinski definition) is 7. The number of halogens is 5. The molecular weight excluding hydrogens is 514 g/mol. The topological polar surface area (TPSA) is 89.8 Å². The molecule has 1 atom stereocenters. The molecule has 2 aromatic rings. The Morgan fingerprint density at radius 3 is 2.37 bits per heavy atom. The fourth-order valence-electron chi connectivity index (χ4n) is 3.43. The summed E-state index contributed by atoms with van der Waals surface area (Å²) in [6.07, 6.45) is -5.68. The van der Waals surface area contributed by atoms with Gasteiger partial charge in [0.15, 0.2) is 0 Å². The predicted octanol–water partition coefficient (Wildman–Crippen LogP) is 5.68. The van der Waals surface area contributed by atoms with E-state index in [1.165, 1.54) is 31.4 Å². The molecule has 0 saturated heterocycles. The van der Waals surface area contributed by atoms with Crippen molar-refractivity contribution >= 4 is 47.3 Å². The fraction of sp³-hybridized carbons (Fsp3) is 0.273. The molecule has 35 heavy (non-hydrogen) atoms. The smallest absolute Gasteiger partial charge is 0.435 e. The number of methoxy groups -OCH3 is 1. The lowest BCUT2D eigenvalue weighted by Gasteiger charge is -2.29. The van der Waals surface area contributed by atoms with Gasteiger partial charge in [0.25, 0.3) is 11.5 Å². The summed E-state index contributed by atoms with van der Waals surface area (Å²) >= 11 is 11.8. The zero-order valence-corrected chi connectivity index (χ0v) is 20.0. The molecule has 0 aliphatic carbocycles. The fourth-order valence-corrected chi connectivity index (χ4v) is 3.96. The van der Waals surface area contributed by atoms with Crippen molar-refractivity contribution in [3.63, 3.8) is 0 Å². The molecule has 3 rings (SSSR count). The summed E-state index contributed by atoms with van der Waals surface area (Å²) in [5.41, 5.74) is -2.39. The van der Waals surface area contributed by atoms with Gasteiger partial charge in [-0.3, -0.25) is 4.79 Å². The van der Waals surface area contributed by atoms with Gasteiger partial charge in [-0.05, 0) is 48.4 Å². The van der Waals surface area contributed by atoms with E-state index in [1.54, 1.807) is 6.92 Å². The SMILES string of the molecule is CON=CN(C(=O)OC)C(=O)c1ccc(C2=NOC(c3cc(Cl)cc(Cl)c3)(C(F)(F)F)C2)cc1C. The van der Waals surface area contributed by atoms with Crippen molar-refractivity contribution in [2.75, 3.05) is 14.2 Å². The Hall–Kier alpha value is -3.31. The van der Waals surface area contributed by atoms with Gasteiger partial charge in [0.2, 0.25) is 0 Å². The first-order valence-corrected chi connectivity index (χ1v) is 10.6. The molecular formula is C22H18Cl2F3N3O5. The van der Waals surface area contributed by atoms with Crippen molar-refractivity contribution < 1.29 is 37.2 Å². The van der Waals surface area contributed by atoms with E-state index in [2.05, 4.69) is 19.9 Å². The van der Waals surface area contributed by atoms with E-state index in [1.807, 2.05) is 0 Å². The Morgan fingerprint density at radius 1 is 1.17 bits per heavy atom. The van der Waals surface area contributed by atoms with E-state index in [9.17, 15) is 22.8 Å². The highest BCUT2D eigenvalue weighted by atomic mass is 35.5. The average Bonchev–Trinajstić information content (AvgIpc) is 3.25. The molecule has 0 saturated carbocycles. The zero-order chi connectivity index (χ0) is 26.0. The Labute approximate surface area is 207 Å². The molecule has 1 aliphatic heterocycles. The molecule has 1 unspecified atom stereocenters. The van der Waals surface area contributed by atoms with Crippen LogP contribution in [0, 0.1) is 6.92 Å². The van der Waals surface area contributed by atoms with E-state index >= 15 is 0 Å². The number of rotatable bonds is 5. The van der Waals surface area contributed by atoms with Crippen molar-refractivity contribution in [2.24, 2.45) is 10.3 Å². The van der Waals surface area contributed by atoms with Crippen LogP contribution in [0.25, 0.3) is 0 Å². The number of aryl methyl sites for hydroxylation is 1. The van der Waals surface area contributed by atoms with Gasteiger partial charge in [0, 0.05) is 27.6 Å². The van der Waals surface area contributed by atoms with Crippen molar-refractivity contribution in [3.05, 3.63) is 68.7 Å². The second kappa shape index (κ2) is 10.1. The highest BCUT2D eigenvalue weighted by Crippen LogP contribution is 2.49. The Bertz CT molecular complexity index is 1200. The van der Waals surface area contributed by atoms with Gasteiger partial charge < -0.3 is 14.4 Å². The number of carbonyl (C=O) groups excluding carboxylic acids is 2. The highest BCUT2D eigenvalue weighted by molar-refractivity contribution is 6.34. The predicted molar refractivity (Wildman–Crippen MR) is 122 cm³/mol. The number of benzene rings is 2. The summed E-state index contributed by atoms with van der Waals surface area (Å²) in [7, 11) is 2.30. The summed E-state index contributed by atoms with van der Waals surface area (Å²) in [4.78, 5) is 34.9. The van der Waals surface area contributed by atoms with Crippen LogP contribution >= 0.6 is 23.2 Å². The number of carbonyl (C=O) groups is 2. The van der Waals surface area contributed by atoms with E-state index in [0.717, 1.165) is 25.6 Å². The molecule has 186 valence electrons. The monoisotopic (exact) mass is 531 g/mol. The van der Waals surface area contributed by atoms with Crippen LogP contribution in [-0.2, 0) is 20.0 Å². The summed E-state index contributed by atoms with van der Waals surface area (Å²) in [5, 5.41) is 7.12. The maximum absolute atomic E-state index is 14.2. The van der Waals surface area contributed by atoms with Crippen molar-refractivity contribution in [1.82, 2.24) is 4.90 Å². The van der Waals surface area contributed by atoms with Crippen LogP contribution in [-0.4, -0.2) is 49.3 Å². The largest absolute Gasteiger partial charge is 0.452 e. The number of amides is 2. The molecule has 1 heterocycles. The normalized spacial score (nSPS) is 17.7. The van der Waals surface area contributed by atoms with E-state index in [0.29, 0.717) is 10.5 Å². The molecule has 2 amide bonds. The molecule has 0 bridgehead atoms. The standard InChI is InChI=1S/C22H18Cl2F3N3O5/c1-12-6-13(4-5-17(12)19(31)30(11-28-34-3)20(32)33-2)18-10-21(35-29-18,22(25,26)27)14-7-15(23)9-16(24)8-14/h4-9,11H,10H2,1-3H3. The zero-order valence-electron chi connectivity index (χ0n) is 18.5. The minimum Gasteiger partial charge on any atom is -0.452 e. The Kier molecular flexibility index (Phi) is 7.61. The van der Waals surface area contributed by atoms with E-state index < -0.39 is 30.2 Å². The summed E-state index contributed by atoms with van der Waals surface area (Å²) in [6, 6.07) is 7.74. The quantitative estimate of drug-likeness (QED) is 0.281. The third-order valence-corrected chi connectivity index (χ3v) is 5.60. The van der Waals surface area contributed by atoms with Crippen molar-refractivity contribution in [3.8, 4) is 0 Å². The van der Waals surface area contributed by atoms with Crippen LogP contribution in [0.1, 0.15) is 33.5 Å². The first kappa shape index (κ1) is 26.3. The minimum absolute atomic E-state index is 0.00806. The van der Waals surface area contributed by atoms with Gasteiger partial charge in [0.1, 0.15) is 13.4 Å². The van der Waals surface area contributed by atoms with Gasteiger partial charge in [-0.25, -0.2) is 4.79 Å². The van der Waals surface area contributed by atoms with Crippen LogP contribution in [0.5, 0.6) is 0 Å². The molecule has 0 fully saturated rings. The van der Waals surface area contributed by atoms with Crippen molar-refractivity contribution in [2.45, 2.75) is 25.1 Å². The summed E-state index contributed by atoms with van der Waals surface area (Å²) in [5.74, 6) is -0.787. The number of hydrogen-bond donors (Lipinski definition) is 0.